The molecule has 1 aliphatic carbocycles. The van der Waals surface area contributed by atoms with Crippen LogP contribution in [-0.4, -0.2) is 31.0 Å². The van der Waals surface area contributed by atoms with Gasteiger partial charge in [0.15, 0.2) is 11.7 Å². The highest BCUT2D eigenvalue weighted by molar-refractivity contribution is 5.75. The summed E-state index contributed by atoms with van der Waals surface area (Å²) in [7, 11) is 0. The summed E-state index contributed by atoms with van der Waals surface area (Å²) in [6.45, 7) is 1.11. The van der Waals surface area contributed by atoms with Crippen LogP contribution in [0.2, 0.25) is 0 Å². The molecule has 2 fully saturated rings. The van der Waals surface area contributed by atoms with Crippen molar-refractivity contribution >= 4 is 5.96 Å². The predicted molar refractivity (Wildman–Crippen MR) is 57.3 cm³/mol. The first-order valence-corrected chi connectivity index (χ1v) is 5.57. The molecule has 2 aliphatic rings. The number of nitrogens with zero attached hydrogens (tertiary/aromatic N) is 1. The number of guanidine groups is 1. The van der Waals surface area contributed by atoms with Crippen LogP contribution in [0.1, 0.15) is 32.1 Å². The Hall–Kier alpha value is -0.810. The van der Waals surface area contributed by atoms with E-state index in [0.717, 1.165) is 12.8 Å². The maximum absolute atomic E-state index is 5.90. The van der Waals surface area contributed by atoms with Crippen LogP contribution in [0.15, 0.2) is 4.99 Å². The van der Waals surface area contributed by atoms with Crippen molar-refractivity contribution < 1.29 is 9.47 Å². The van der Waals surface area contributed by atoms with Crippen molar-refractivity contribution in [1.29, 1.82) is 0 Å². The van der Waals surface area contributed by atoms with E-state index in [4.69, 9.17) is 20.9 Å². The third-order valence-corrected chi connectivity index (χ3v) is 3.01. The lowest BCUT2D eigenvalue weighted by molar-refractivity contribution is -0.186. The number of hydrogen-bond donors (Lipinski definition) is 2. The third kappa shape index (κ3) is 2.60. The molecular formula is C10H19N3O2. The van der Waals surface area contributed by atoms with Gasteiger partial charge in [-0.15, -0.1) is 0 Å². The largest absolute Gasteiger partial charge is 0.370 e. The van der Waals surface area contributed by atoms with E-state index in [-0.39, 0.29) is 17.9 Å². The van der Waals surface area contributed by atoms with Gasteiger partial charge in [0.25, 0.3) is 0 Å². The zero-order valence-electron chi connectivity index (χ0n) is 8.95. The van der Waals surface area contributed by atoms with E-state index in [9.17, 15) is 0 Å². The summed E-state index contributed by atoms with van der Waals surface area (Å²) in [5.41, 5.74) is 10.5. The average molecular weight is 213 g/mol. The molecule has 0 radical (unpaired) electrons. The Morgan fingerprint density at radius 3 is 2.67 bits per heavy atom. The number of aliphatic imine (C=N–C) groups is 1. The van der Waals surface area contributed by atoms with E-state index in [0.29, 0.717) is 13.2 Å². The second-order valence-corrected chi connectivity index (χ2v) is 4.29. The number of nitrogens with two attached hydrogens (primary N) is 2. The molecule has 0 aromatic rings. The molecule has 0 amide bonds. The Morgan fingerprint density at radius 2 is 2.00 bits per heavy atom. The molecule has 2 rings (SSSR count). The standard InChI is InChI=1S/C10H19N3O2/c11-9(12)13-6-8-7-14-10(15-8)4-2-1-3-5-10/h8H,1-7H2,(H4,11,12,13)/t8-/m0/s1. The van der Waals surface area contributed by atoms with Gasteiger partial charge in [0, 0.05) is 12.8 Å². The molecule has 1 saturated heterocycles. The van der Waals surface area contributed by atoms with Crippen molar-refractivity contribution in [1.82, 2.24) is 0 Å². The highest BCUT2D eigenvalue weighted by atomic mass is 16.7. The van der Waals surface area contributed by atoms with Crippen molar-refractivity contribution in [2.75, 3.05) is 13.2 Å². The quantitative estimate of drug-likeness (QED) is 0.511. The second-order valence-electron chi connectivity index (χ2n) is 4.29. The zero-order chi connectivity index (χ0) is 10.7. The third-order valence-electron chi connectivity index (χ3n) is 3.01. The van der Waals surface area contributed by atoms with Crippen molar-refractivity contribution in [2.24, 2.45) is 16.5 Å². The first kappa shape index (κ1) is 10.7. The van der Waals surface area contributed by atoms with Crippen LogP contribution < -0.4 is 11.5 Å². The fourth-order valence-corrected chi connectivity index (χ4v) is 2.27. The molecule has 15 heavy (non-hydrogen) atoms. The van der Waals surface area contributed by atoms with E-state index in [1.54, 1.807) is 0 Å². The van der Waals surface area contributed by atoms with E-state index < -0.39 is 0 Å². The van der Waals surface area contributed by atoms with Crippen molar-refractivity contribution in [3.8, 4) is 0 Å². The highest BCUT2D eigenvalue weighted by Gasteiger charge is 2.41. The zero-order valence-corrected chi connectivity index (χ0v) is 8.95. The Kier molecular flexibility index (Phi) is 3.11. The molecule has 1 heterocycles. The van der Waals surface area contributed by atoms with E-state index in [1.807, 2.05) is 0 Å². The fourth-order valence-electron chi connectivity index (χ4n) is 2.27. The summed E-state index contributed by atoms with van der Waals surface area (Å²) < 4.78 is 11.7. The first-order chi connectivity index (χ1) is 7.20. The average Bonchev–Trinajstić information content (AvgIpc) is 2.60. The molecule has 1 saturated carbocycles. The maximum atomic E-state index is 5.90. The summed E-state index contributed by atoms with van der Waals surface area (Å²) in [5.74, 6) is -0.204. The van der Waals surface area contributed by atoms with Gasteiger partial charge in [-0.1, -0.05) is 6.42 Å². The van der Waals surface area contributed by atoms with E-state index in [1.165, 1.54) is 19.3 Å². The van der Waals surface area contributed by atoms with Gasteiger partial charge in [0.1, 0.15) is 6.10 Å². The summed E-state index contributed by atoms with van der Waals surface area (Å²) >= 11 is 0. The van der Waals surface area contributed by atoms with Gasteiger partial charge in [-0.05, 0) is 12.8 Å². The summed E-state index contributed by atoms with van der Waals surface area (Å²) in [5, 5.41) is 0. The van der Waals surface area contributed by atoms with Gasteiger partial charge < -0.3 is 20.9 Å². The second kappa shape index (κ2) is 4.37. The van der Waals surface area contributed by atoms with Crippen LogP contribution in [0, 0.1) is 0 Å². The van der Waals surface area contributed by atoms with Gasteiger partial charge in [0.2, 0.25) is 0 Å². The highest BCUT2D eigenvalue weighted by Crippen LogP contribution is 2.37. The van der Waals surface area contributed by atoms with Crippen LogP contribution in [0.25, 0.3) is 0 Å². The SMILES string of the molecule is NC(N)=NC[C@H]1COC2(CCCCC2)O1. The van der Waals surface area contributed by atoms with E-state index in [2.05, 4.69) is 4.99 Å². The number of hydrogen-bond acceptors (Lipinski definition) is 3. The van der Waals surface area contributed by atoms with Gasteiger partial charge in [-0.2, -0.15) is 0 Å². The minimum Gasteiger partial charge on any atom is -0.370 e. The Bertz CT molecular complexity index is 245. The molecule has 0 aromatic heterocycles. The molecule has 4 N–H and O–H groups in total. The van der Waals surface area contributed by atoms with Crippen LogP contribution in [-0.2, 0) is 9.47 Å². The Labute approximate surface area is 89.8 Å². The van der Waals surface area contributed by atoms with Gasteiger partial charge >= 0.3 is 0 Å². The molecule has 5 nitrogen and oxygen atoms in total. The lowest BCUT2D eigenvalue weighted by atomic mass is 9.94. The van der Waals surface area contributed by atoms with Crippen molar-refractivity contribution in [3.63, 3.8) is 0 Å². The normalized spacial score (nSPS) is 29.2. The van der Waals surface area contributed by atoms with Crippen molar-refractivity contribution in [3.05, 3.63) is 0 Å². The number of ether oxygens (including phenoxy) is 2. The van der Waals surface area contributed by atoms with Gasteiger partial charge in [0.05, 0.1) is 13.2 Å². The van der Waals surface area contributed by atoms with Gasteiger partial charge in [-0.25, -0.2) is 0 Å². The van der Waals surface area contributed by atoms with Crippen LogP contribution in [0.5, 0.6) is 0 Å². The predicted octanol–water partition coefficient (Wildman–Crippen LogP) is 0.336. The molecule has 1 spiro atoms. The summed E-state index contributed by atoms with van der Waals surface area (Å²) in [6, 6.07) is 0. The van der Waals surface area contributed by atoms with E-state index >= 15 is 0 Å². The summed E-state index contributed by atoms with van der Waals surface area (Å²) in [6.07, 6.45) is 5.69. The lowest BCUT2D eigenvalue weighted by Gasteiger charge is -2.31. The minimum absolute atomic E-state index is 0.0187. The Morgan fingerprint density at radius 1 is 1.27 bits per heavy atom. The molecule has 1 aliphatic heterocycles. The van der Waals surface area contributed by atoms with Crippen LogP contribution in [0.4, 0.5) is 0 Å². The molecule has 0 unspecified atom stereocenters. The smallest absolute Gasteiger partial charge is 0.186 e. The molecular weight excluding hydrogens is 194 g/mol. The fraction of sp³-hybridized carbons (Fsp3) is 0.900. The minimum atomic E-state index is -0.318. The molecule has 1 atom stereocenters. The topological polar surface area (TPSA) is 82.9 Å². The van der Waals surface area contributed by atoms with Crippen molar-refractivity contribution in [2.45, 2.75) is 44.0 Å². The van der Waals surface area contributed by atoms with Crippen LogP contribution >= 0.6 is 0 Å². The maximum Gasteiger partial charge on any atom is 0.186 e. The van der Waals surface area contributed by atoms with Gasteiger partial charge in [-0.3, -0.25) is 4.99 Å². The molecule has 86 valence electrons. The summed E-state index contributed by atoms with van der Waals surface area (Å²) in [4.78, 5) is 3.95. The Balaban J connectivity index is 1.85. The molecule has 0 aromatic carbocycles. The monoisotopic (exact) mass is 213 g/mol. The molecule has 0 bridgehead atoms. The molecule has 5 heteroatoms. The lowest BCUT2D eigenvalue weighted by Crippen LogP contribution is -2.34. The van der Waals surface area contributed by atoms with Crippen LogP contribution in [0.3, 0.4) is 0 Å². The number of rotatable bonds is 2. The first-order valence-electron chi connectivity index (χ1n) is 5.57.